The molecule has 0 unspecified atom stereocenters. The van der Waals surface area contributed by atoms with E-state index in [0.29, 0.717) is 35.3 Å². The van der Waals surface area contributed by atoms with Gasteiger partial charge in [-0.25, -0.2) is 9.97 Å². The van der Waals surface area contributed by atoms with Gasteiger partial charge in [0.25, 0.3) is 5.91 Å². The van der Waals surface area contributed by atoms with Crippen LogP contribution in [0.4, 0.5) is 11.6 Å². The number of carbonyl (C=O) groups is 1. The summed E-state index contributed by atoms with van der Waals surface area (Å²) in [6, 6.07) is 1.65. The van der Waals surface area contributed by atoms with E-state index in [4.69, 9.17) is 4.52 Å². The maximum atomic E-state index is 12.4. The zero-order chi connectivity index (χ0) is 15.4. The Labute approximate surface area is 123 Å². The van der Waals surface area contributed by atoms with Gasteiger partial charge in [0, 0.05) is 18.5 Å². The van der Waals surface area contributed by atoms with E-state index in [0.717, 1.165) is 0 Å². The monoisotopic (exact) mass is 289 g/mol. The molecule has 0 aromatic carbocycles. The molecule has 2 N–H and O–H groups in total. The zero-order valence-corrected chi connectivity index (χ0v) is 12.6. The quantitative estimate of drug-likeness (QED) is 0.878. The molecule has 0 aliphatic rings. The van der Waals surface area contributed by atoms with Gasteiger partial charge in [0.1, 0.15) is 5.82 Å². The van der Waals surface area contributed by atoms with Gasteiger partial charge in [-0.1, -0.05) is 19.0 Å². The minimum atomic E-state index is -0.355. The highest BCUT2D eigenvalue weighted by atomic mass is 16.5. The summed E-state index contributed by atoms with van der Waals surface area (Å²) in [6.45, 7) is 8.35. The molecule has 0 saturated carbocycles. The third-order valence-electron chi connectivity index (χ3n) is 2.77. The van der Waals surface area contributed by atoms with Crippen LogP contribution in [0.5, 0.6) is 0 Å². The van der Waals surface area contributed by atoms with Crippen molar-refractivity contribution in [2.75, 3.05) is 17.2 Å². The van der Waals surface area contributed by atoms with Crippen LogP contribution in [0.1, 0.15) is 48.7 Å². The van der Waals surface area contributed by atoms with Crippen LogP contribution in [-0.2, 0) is 0 Å². The summed E-state index contributed by atoms with van der Waals surface area (Å²) in [6.07, 6.45) is 1.63. The molecule has 2 heterocycles. The summed E-state index contributed by atoms with van der Waals surface area (Å²) in [4.78, 5) is 21.0. The highest BCUT2D eigenvalue weighted by molar-refractivity contribution is 6.05. The third-order valence-corrected chi connectivity index (χ3v) is 2.77. The van der Waals surface area contributed by atoms with Crippen molar-refractivity contribution in [3.63, 3.8) is 0 Å². The molecule has 0 aliphatic heterocycles. The van der Waals surface area contributed by atoms with Gasteiger partial charge in [0.05, 0.1) is 17.6 Å². The highest BCUT2D eigenvalue weighted by Crippen LogP contribution is 2.18. The number of anilines is 2. The van der Waals surface area contributed by atoms with E-state index < -0.39 is 0 Å². The Morgan fingerprint density at radius 3 is 2.76 bits per heavy atom. The van der Waals surface area contributed by atoms with E-state index in [1.807, 2.05) is 20.8 Å². The molecule has 0 atom stereocenters. The van der Waals surface area contributed by atoms with E-state index in [1.54, 1.807) is 19.2 Å². The van der Waals surface area contributed by atoms with Crippen LogP contribution in [0.15, 0.2) is 16.8 Å². The Balaban J connectivity index is 2.30. The lowest BCUT2D eigenvalue weighted by Crippen LogP contribution is -2.18. The van der Waals surface area contributed by atoms with Crippen molar-refractivity contribution in [1.82, 2.24) is 15.1 Å². The summed E-state index contributed by atoms with van der Waals surface area (Å²) < 4.78 is 4.99. The topological polar surface area (TPSA) is 92.9 Å². The number of aryl methyl sites for hydroxylation is 1. The maximum Gasteiger partial charge on any atom is 0.278 e. The van der Waals surface area contributed by atoms with Crippen LogP contribution < -0.4 is 10.6 Å². The fourth-order valence-electron chi connectivity index (χ4n) is 1.76. The average Bonchev–Trinajstić information content (AvgIpc) is 2.84. The molecule has 0 saturated heterocycles. The van der Waals surface area contributed by atoms with Gasteiger partial charge in [-0.05, 0) is 13.8 Å². The fraction of sp³-hybridized carbons (Fsp3) is 0.429. The van der Waals surface area contributed by atoms with Gasteiger partial charge in [-0.2, -0.15) is 0 Å². The first-order chi connectivity index (χ1) is 10.0. The Morgan fingerprint density at radius 1 is 1.43 bits per heavy atom. The molecule has 2 aromatic heterocycles. The van der Waals surface area contributed by atoms with Crippen LogP contribution in [0.3, 0.4) is 0 Å². The predicted octanol–water partition coefficient (Wildman–Crippen LogP) is 2.58. The lowest BCUT2D eigenvalue weighted by atomic mass is 10.2. The van der Waals surface area contributed by atoms with Gasteiger partial charge in [-0.15, -0.1) is 0 Å². The van der Waals surface area contributed by atoms with Gasteiger partial charge >= 0.3 is 0 Å². The summed E-state index contributed by atoms with van der Waals surface area (Å²) in [7, 11) is 0. The second-order valence-electron chi connectivity index (χ2n) is 4.96. The zero-order valence-electron chi connectivity index (χ0n) is 12.6. The van der Waals surface area contributed by atoms with Crippen LogP contribution in [0.2, 0.25) is 0 Å². The summed E-state index contributed by atoms with van der Waals surface area (Å²) in [5, 5.41) is 9.46. The largest absolute Gasteiger partial charge is 0.382 e. The molecular weight excluding hydrogens is 270 g/mol. The van der Waals surface area contributed by atoms with Crippen molar-refractivity contribution in [2.45, 2.75) is 33.6 Å². The summed E-state index contributed by atoms with van der Waals surface area (Å²) >= 11 is 0. The number of rotatable bonds is 5. The number of nitrogens with one attached hydrogen (secondary N) is 2. The molecule has 7 nitrogen and oxygen atoms in total. The summed E-state index contributed by atoms with van der Waals surface area (Å²) in [5.41, 5.74) is 1.59. The molecule has 112 valence electrons. The molecule has 2 rings (SSSR count). The van der Waals surface area contributed by atoms with Crippen molar-refractivity contribution < 1.29 is 9.32 Å². The number of hydrogen-bond acceptors (Lipinski definition) is 6. The van der Waals surface area contributed by atoms with Crippen LogP contribution >= 0.6 is 0 Å². The van der Waals surface area contributed by atoms with Crippen molar-refractivity contribution in [1.29, 1.82) is 0 Å². The first-order valence-electron chi connectivity index (χ1n) is 6.86. The van der Waals surface area contributed by atoms with Gasteiger partial charge in [0.15, 0.2) is 5.69 Å². The van der Waals surface area contributed by atoms with Crippen molar-refractivity contribution in [3.05, 3.63) is 29.5 Å². The smallest absolute Gasteiger partial charge is 0.278 e. The minimum absolute atomic E-state index is 0.139. The normalized spacial score (nSPS) is 10.7. The molecule has 2 aromatic rings. The first kappa shape index (κ1) is 15.0. The standard InChI is InChI=1S/C14H19N5O2/c1-5-15-10-7-16-13(8(2)3)18-12(10)14(20)17-11-6-9(4)19-21-11/h6-8,15H,5H2,1-4H3,(H,17,20). The van der Waals surface area contributed by atoms with Crippen LogP contribution in [0.25, 0.3) is 0 Å². The van der Waals surface area contributed by atoms with Crippen LogP contribution in [0, 0.1) is 6.92 Å². The Kier molecular flexibility index (Phi) is 4.52. The molecule has 0 spiro atoms. The third kappa shape index (κ3) is 3.56. The Hall–Kier alpha value is -2.44. The predicted molar refractivity (Wildman–Crippen MR) is 79.5 cm³/mol. The highest BCUT2D eigenvalue weighted by Gasteiger charge is 2.17. The summed E-state index contributed by atoms with van der Waals surface area (Å²) in [5.74, 6) is 0.700. The molecule has 0 fully saturated rings. The van der Waals surface area contributed by atoms with E-state index in [1.165, 1.54) is 0 Å². The number of hydrogen-bond donors (Lipinski definition) is 2. The molecule has 0 aliphatic carbocycles. The van der Waals surface area contributed by atoms with Crippen LogP contribution in [-0.4, -0.2) is 27.6 Å². The van der Waals surface area contributed by atoms with Crippen molar-refractivity contribution >= 4 is 17.5 Å². The minimum Gasteiger partial charge on any atom is -0.382 e. The van der Waals surface area contributed by atoms with Crippen molar-refractivity contribution in [2.24, 2.45) is 0 Å². The molecular formula is C14H19N5O2. The second-order valence-corrected chi connectivity index (χ2v) is 4.96. The SMILES string of the molecule is CCNc1cnc(C(C)C)nc1C(=O)Nc1cc(C)no1. The average molecular weight is 289 g/mol. The number of nitrogens with zero attached hydrogens (tertiary/aromatic N) is 3. The lowest BCUT2D eigenvalue weighted by molar-refractivity contribution is 0.101. The van der Waals surface area contributed by atoms with E-state index >= 15 is 0 Å². The second kappa shape index (κ2) is 6.34. The fourth-order valence-corrected chi connectivity index (χ4v) is 1.76. The first-order valence-corrected chi connectivity index (χ1v) is 6.86. The van der Waals surface area contributed by atoms with Crippen molar-refractivity contribution in [3.8, 4) is 0 Å². The van der Waals surface area contributed by atoms with E-state index in [9.17, 15) is 4.79 Å². The maximum absolute atomic E-state index is 12.4. The van der Waals surface area contributed by atoms with Gasteiger partial charge in [0.2, 0.25) is 5.88 Å². The number of aromatic nitrogens is 3. The molecule has 1 amide bonds. The van der Waals surface area contributed by atoms with Gasteiger partial charge in [-0.3, -0.25) is 10.1 Å². The van der Waals surface area contributed by atoms with E-state index in [2.05, 4.69) is 25.8 Å². The Bertz CT molecular complexity index is 636. The van der Waals surface area contributed by atoms with E-state index in [-0.39, 0.29) is 11.8 Å². The molecule has 0 radical (unpaired) electrons. The van der Waals surface area contributed by atoms with Gasteiger partial charge < -0.3 is 9.84 Å². The Morgan fingerprint density at radius 2 is 2.19 bits per heavy atom. The molecule has 0 bridgehead atoms. The number of amides is 1. The lowest BCUT2D eigenvalue weighted by Gasteiger charge is -2.11. The number of carbonyl (C=O) groups excluding carboxylic acids is 1. The molecule has 21 heavy (non-hydrogen) atoms. The molecule has 7 heteroatoms.